The van der Waals surface area contributed by atoms with E-state index in [2.05, 4.69) is 29.1 Å². The Morgan fingerprint density at radius 3 is 2.43 bits per heavy atom. The molecule has 0 amide bonds. The molecular weight excluding hydrogens is 288 g/mol. The van der Waals surface area contributed by atoms with Gasteiger partial charge in [-0.3, -0.25) is 0 Å². The van der Waals surface area contributed by atoms with Crippen molar-refractivity contribution in [2.45, 2.75) is 32.2 Å². The first-order chi connectivity index (χ1) is 9.90. The minimum Gasteiger partial charge on any atom is -0.497 e. The van der Waals surface area contributed by atoms with Crippen molar-refractivity contribution in [2.24, 2.45) is 0 Å². The molecule has 0 saturated heterocycles. The summed E-state index contributed by atoms with van der Waals surface area (Å²) in [6.45, 7) is 3.44. The monoisotopic (exact) mass is 314 g/mol. The lowest BCUT2D eigenvalue weighted by atomic mass is 10.1. The molecule has 1 atom stereocenters. The molecule has 1 rings (SSSR count). The summed E-state index contributed by atoms with van der Waals surface area (Å²) in [5.74, 6) is 0.878. The molecule has 1 aromatic carbocycles. The number of ether oxygens (including phenoxy) is 1. The number of nitrogens with one attached hydrogen (secondary N) is 2. The van der Waals surface area contributed by atoms with Crippen LogP contribution in [0.25, 0.3) is 0 Å². The van der Waals surface area contributed by atoms with Gasteiger partial charge >= 0.3 is 0 Å². The van der Waals surface area contributed by atoms with E-state index in [0.29, 0.717) is 12.6 Å². The van der Waals surface area contributed by atoms with Gasteiger partial charge in [0.2, 0.25) is 10.0 Å². The number of benzene rings is 1. The quantitative estimate of drug-likeness (QED) is 0.643. The van der Waals surface area contributed by atoms with Crippen LogP contribution in [0, 0.1) is 0 Å². The fraction of sp³-hybridized carbons (Fsp3) is 0.600. The van der Waals surface area contributed by atoms with Gasteiger partial charge in [0.15, 0.2) is 0 Å². The van der Waals surface area contributed by atoms with Crippen LogP contribution in [-0.4, -0.2) is 40.9 Å². The predicted octanol–water partition coefficient (Wildman–Crippen LogP) is 1.55. The SMILES string of the molecule is COc1ccc(CCC(C)NCCCNS(C)(=O)=O)cc1. The number of rotatable bonds is 10. The van der Waals surface area contributed by atoms with E-state index in [0.717, 1.165) is 31.6 Å². The molecule has 0 spiro atoms. The second-order valence-electron chi connectivity index (χ2n) is 5.26. The zero-order chi connectivity index (χ0) is 15.7. The van der Waals surface area contributed by atoms with E-state index in [1.807, 2.05) is 12.1 Å². The summed E-state index contributed by atoms with van der Waals surface area (Å²) >= 11 is 0. The zero-order valence-electron chi connectivity index (χ0n) is 13.1. The van der Waals surface area contributed by atoms with Crippen molar-refractivity contribution < 1.29 is 13.2 Å². The summed E-state index contributed by atoms with van der Waals surface area (Å²) in [6.07, 6.45) is 4.03. The maximum atomic E-state index is 10.9. The fourth-order valence-corrected chi connectivity index (χ4v) is 2.49. The van der Waals surface area contributed by atoms with Crippen LogP contribution >= 0.6 is 0 Å². The number of methoxy groups -OCH3 is 1. The standard InChI is InChI=1S/C15H26N2O3S/c1-13(16-11-4-12-17-21(3,18)19)5-6-14-7-9-15(20-2)10-8-14/h7-10,13,16-17H,4-6,11-12H2,1-3H3. The normalized spacial score (nSPS) is 13.1. The Morgan fingerprint density at radius 2 is 1.86 bits per heavy atom. The number of sulfonamides is 1. The molecule has 1 unspecified atom stereocenters. The molecule has 6 heteroatoms. The fourth-order valence-electron chi connectivity index (χ4n) is 1.97. The number of hydrogen-bond donors (Lipinski definition) is 2. The van der Waals surface area contributed by atoms with Crippen molar-refractivity contribution in [2.75, 3.05) is 26.5 Å². The molecule has 0 aliphatic carbocycles. The van der Waals surface area contributed by atoms with Crippen LogP contribution in [0.15, 0.2) is 24.3 Å². The van der Waals surface area contributed by atoms with Gasteiger partial charge < -0.3 is 10.1 Å². The Morgan fingerprint density at radius 1 is 1.19 bits per heavy atom. The molecule has 1 aromatic rings. The Hall–Kier alpha value is -1.11. The largest absolute Gasteiger partial charge is 0.497 e. The minimum absolute atomic E-state index is 0.408. The minimum atomic E-state index is -3.06. The van der Waals surface area contributed by atoms with Crippen molar-refractivity contribution >= 4 is 10.0 Å². The van der Waals surface area contributed by atoms with E-state index in [1.54, 1.807) is 7.11 Å². The Kier molecular flexibility index (Phi) is 7.71. The maximum absolute atomic E-state index is 10.9. The van der Waals surface area contributed by atoms with E-state index in [9.17, 15) is 8.42 Å². The molecule has 0 aliphatic rings. The molecule has 2 N–H and O–H groups in total. The second kappa shape index (κ2) is 9.02. The highest BCUT2D eigenvalue weighted by Crippen LogP contribution is 2.13. The molecule has 5 nitrogen and oxygen atoms in total. The first-order valence-corrected chi connectivity index (χ1v) is 9.11. The van der Waals surface area contributed by atoms with Crippen LogP contribution in [0.3, 0.4) is 0 Å². The van der Waals surface area contributed by atoms with E-state index in [1.165, 1.54) is 11.8 Å². The average molecular weight is 314 g/mol. The third-order valence-corrected chi connectivity index (χ3v) is 3.96. The van der Waals surface area contributed by atoms with Crippen LogP contribution in [0.5, 0.6) is 5.75 Å². The highest BCUT2D eigenvalue weighted by atomic mass is 32.2. The van der Waals surface area contributed by atoms with Gasteiger partial charge in [-0.05, 0) is 50.4 Å². The third kappa shape index (κ3) is 8.70. The van der Waals surface area contributed by atoms with Crippen LogP contribution < -0.4 is 14.8 Å². The van der Waals surface area contributed by atoms with Crippen molar-refractivity contribution in [3.63, 3.8) is 0 Å². The second-order valence-corrected chi connectivity index (χ2v) is 7.09. The van der Waals surface area contributed by atoms with Crippen molar-refractivity contribution in [3.8, 4) is 5.75 Å². The lowest BCUT2D eigenvalue weighted by molar-refractivity contribution is 0.414. The maximum Gasteiger partial charge on any atom is 0.208 e. The Bertz CT molecular complexity index is 500. The molecule has 0 fully saturated rings. The van der Waals surface area contributed by atoms with Crippen LogP contribution in [0.1, 0.15) is 25.3 Å². The molecule has 21 heavy (non-hydrogen) atoms. The molecule has 0 aromatic heterocycles. The van der Waals surface area contributed by atoms with Crippen molar-refractivity contribution in [3.05, 3.63) is 29.8 Å². The molecule has 0 aliphatic heterocycles. The third-order valence-electron chi connectivity index (χ3n) is 3.24. The van der Waals surface area contributed by atoms with E-state index in [4.69, 9.17) is 4.74 Å². The number of hydrogen-bond acceptors (Lipinski definition) is 4. The van der Waals surface area contributed by atoms with Crippen LogP contribution in [0.2, 0.25) is 0 Å². The molecule has 0 bridgehead atoms. The van der Waals surface area contributed by atoms with Gasteiger partial charge in [0.25, 0.3) is 0 Å². The number of aryl methyl sites for hydroxylation is 1. The lowest BCUT2D eigenvalue weighted by Gasteiger charge is -2.14. The summed E-state index contributed by atoms with van der Waals surface area (Å²) in [7, 11) is -1.40. The van der Waals surface area contributed by atoms with Gasteiger partial charge in [0.05, 0.1) is 13.4 Å². The van der Waals surface area contributed by atoms with Crippen LogP contribution in [-0.2, 0) is 16.4 Å². The summed E-state index contributed by atoms with van der Waals surface area (Å²) in [5, 5.41) is 3.40. The topological polar surface area (TPSA) is 67.4 Å². The van der Waals surface area contributed by atoms with Crippen molar-refractivity contribution in [1.29, 1.82) is 0 Å². The Balaban J connectivity index is 2.14. The summed E-state index contributed by atoms with van der Waals surface area (Å²) in [4.78, 5) is 0. The van der Waals surface area contributed by atoms with Gasteiger partial charge in [0.1, 0.15) is 5.75 Å². The highest BCUT2D eigenvalue weighted by Gasteiger charge is 2.03. The van der Waals surface area contributed by atoms with Crippen LogP contribution in [0.4, 0.5) is 0 Å². The van der Waals surface area contributed by atoms with Gasteiger partial charge in [0, 0.05) is 12.6 Å². The summed E-state index contributed by atoms with van der Waals surface area (Å²) < 4.78 is 29.4. The van der Waals surface area contributed by atoms with E-state index < -0.39 is 10.0 Å². The lowest BCUT2D eigenvalue weighted by Crippen LogP contribution is -2.31. The predicted molar refractivity (Wildman–Crippen MR) is 86.2 cm³/mol. The molecular formula is C15H26N2O3S. The van der Waals surface area contributed by atoms with Gasteiger partial charge in [-0.15, -0.1) is 0 Å². The van der Waals surface area contributed by atoms with Gasteiger partial charge in [-0.25, -0.2) is 13.1 Å². The van der Waals surface area contributed by atoms with E-state index in [-0.39, 0.29) is 0 Å². The Labute approximate surface area is 128 Å². The summed E-state index contributed by atoms with van der Waals surface area (Å²) in [6, 6.07) is 8.53. The van der Waals surface area contributed by atoms with E-state index >= 15 is 0 Å². The van der Waals surface area contributed by atoms with Gasteiger partial charge in [-0.1, -0.05) is 12.1 Å². The van der Waals surface area contributed by atoms with Gasteiger partial charge in [-0.2, -0.15) is 0 Å². The summed E-state index contributed by atoms with van der Waals surface area (Å²) in [5.41, 5.74) is 1.29. The smallest absolute Gasteiger partial charge is 0.208 e. The van der Waals surface area contributed by atoms with Crippen molar-refractivity contribution in [1.82, 2.24) is 10.0 Å². The average Bonchev–Trinajstić information content (AvgIpc) is 2.44. The molecule has 120 valence electrons. The highest BCUT2D eigenvalue weighted by molar-refractivity contribution is 7.88. The molecule has 0 saturated carbocycles. The first kappa shape index (κ1) is 17.9. The zero-order valence-corrected chi connectivity index (χ0v) is 13.9. The molecule has 0 radical (unpaired) electrons. The molecule has 0 heterocycles. The first-order valence-electron chi connectivity index (χ1n) is 7.21.